The van der Waals surface area contributed by atoms with E-state index in [2.05, 4.69) is 27.6 Å². The first-order valence-corrected chi connectivity index (χ1v) is 12.8. The lowest BCUT2D eigenvalue weighted by Crippen LogP contribution is -2.34. The number of nitrogens with zero attached hydrogens (tertiary/aromatic N) is 4. The molecule has 0 fully saturated rings. The van der Waals surface area contributed by atoms with Gasteiger partial charge >= 0.3 is 0 Å². The Kier molecular flexibility index (Phi) is 6.50. The van der Waals surface area contributed by atoms with Gasteiger partial charge in [-0.1, -0.05) is 42.1 Å². The lowest BCUT2D eigenvalue weighted by molar-refractivity contribution is -0.119. The molecule has 1 atom stereocenters. The van der Waals surface area contributed by atoms with Gasteiger partial charge < -0.3 is 9.73 Å². The van der Waals surface area contributed by atoms with Crippen LogP contribution in [0.5, 0.6) is 0 Å². The smallest absolute Gasteiger partial charge is 0.273 e. The fraction of sp³-hybridized carbons (Fsp3) is 0.250. The highest BCUT2D eigenvalue weighted by Crippen LogP contribution is 2.24. The van der Waals surface area contributed by atoms with Crippen molar-refractivity contribution in [1.82, 2.24) is 24.5 Å². The molecule has 0 aliphatic carbocycles. The van der Waals surface area contributed by atoms with Gasteiger partial charge in [0.05, 0.1) is 24.1 Å². The Morgan fingerprint density at radius 2 is 2.03 bits per heavy atom. The van der Waals surface area contributed by atoms with Gasteiger partial charge in [-0.15, -0.1) is 21.5 Å². The fourth-order valence-electron chi connectivity index (χ4n) is 3.84. The Balaban J connectivity index is 1.31. The van der Waals surface area contributed by atoms with Crippen LogP contribution in [-0.2, 0) is 17.8 Å². The summed E-state index contributed by atoms with van der Waals surface area (Å²) in [7, 11) is 0. The third-order valence-corrected chi connectivity index (χ3v) is 7.35. The van der Waals surface area contributed by atoms with Gasteiger partial charge in [0.2, 0.25) is 11.7 Å². The predicted molar refractivity (Wildman–Crippen MR) is 134 cm³/mol. The number of nitrogens with one attached hydrogen (secondary N) is 1. The summed E-state index contributed by atoms with van der Waals surface area (Å²) in [5, 5.41) is 14.1. The lowest BCUT2D eigenvalue weighted by atomic mass is 10.1. The number of thioether (sulfide) groups is 1. The van der Waals surface area contributed by atoms with E-state index in [4.69, 9.17) is 4.42 Å². The number of aromatic nitrogens is 4. The molecule has 0 aliphatic rings. The normalized spacial score (nSPS) is 12.4. The second-order valence-electron chi connectivity index (χ2n) is 8.01. The van der Waals surface area contributed by atoms with Crippen molar-refractivity contribution in [2.24, 2.45) is 0 Å². The summed E-state index contributed by atoms with van der Waals surface area (Å²) in [6.45, 7) is 2.27. The number of carbonyl (C=O) groups is 1. The third-order valence-electron chi connectivity index (χ3n) is 5.53. The molecule has 4 aromatic heterocycles. The summed E-state index contributed by atoms with van der Waals surface area (Å²) in [6, 6.07) is 15.8. The van der Waals surface area contributed by atoms with Gasteiger partial charge in [-0.05, 0) is 48.9 Å². The highest BCUT2D eigenvalue weighted by Gasteiger charge is 2.19. The molecule has 1 amide bonds. The molecule has 1 N–H and O–H groups in total. The Labute approximate surface area is 203 Å². The predicted octanol–water partition coefficient (Wildman–Crippen LogP) is 3.98. The Bertz CT molecular complexity index is 1470. The van der Waals surface area contributed by atoms with Crippen LogP contribution < -0.4 is 10.9 Å². The number of thiophene rings is 1. The minimum atomic E-state index is -0.136. The van der Waals surface area contributed by atoms with E-state index in [-0.39, 0.29) is 29.8 Å². The van der Waals surface area contributed by atoms with Crippen molar-refractivity contribution in [2.75, 3.05) is 5.75 Å². The van der Waals surface area contributed by atoms with Crippen molar-refractivity contribution in [3.05, 3.63) is 81.9 Å². The summed E-state index contributed by atoms with van der Waals surface area (Å²) in [4.78, 5) is 25.7. The van der Waals surface area contributed by atoms with Crippen LogP contribution >= 0.6 is 23.1 Å². The average molecular weight is 494 g/mol. The maximum Gasteiger partial charge on any atom is 0.273 e. The zero-order valence-electron chi connectivity index (χ0n) is 18.5. The minimum absolute atomic E-state index is 0.0607. The number of hydrogen-bond acceptors (Lipinski definition) is 7. The summed E-state index contributed by atoms with van der Waals surface area (Å²) >= 11 is 2.68. The number of amides is 1. The number of aryl methyl sites for hydroxylation is 1. The molecule has 8 nitrogen and oxygen atoms in total. The number of hydrogen-bond donors (Lipinski definition) is 1. The van der Waals surface area contributed by atoms with Gasteiger partial charge in [-0.2, -0.15) is 0 Å². The molecule has 0 saturated carbocycles. The van der Waals surface area contributed by atoms with Gasteiger partial charge in [0, 0.05) is 6.04 Å². The van der Waals surface area contributed by atoms with E-state index >= 15 is 0 Å². The van der Waals surface area contributed by atoms with E-state index in [0.29, 0.717) is 21.4 Å². The molecule has 34 heavy (non-hydrogen) atoms. The van der Waals surface area contributed by atoms with Crippen LogP contribution in [0.15, 0.2) is 74.5 Å². The van der Waals surface area contributed by atoms with E-state index in [1.165, 1.54) is 28.7 Å². The number of carbonyl (C=O) groups excluding carboxylic acids is 1. The zero-order chi connectivity index (χ0) is 23.5. The summed E-state index contributed by atoms with van der Waals surface area (Å²) in [5.74, 6) is 1.22. The largest absolute Gasteiger partial charge is 0.467 e. The van der Waals surface area contributed by atoms with E-state index in [1.54, 1.807) is 16.9 Å². The van der Waals surface area contributed by atoms with Gasteiger partial charge in [0.15, 0.2) is 5.16 Å². The molecular formula is C24H23N5O3S2. The summed E-state index contributed by atoms with van der Waals surface area (Å²) in [5.41, 5.74) is 1.86. The number of benzene rings is 1. The molecule has 5 aromatic rings. The molecule has 5 rings (SSSR count). The van der Waals surface area contributed by atoms with Crippen LogP contribution in [-0.4, -0.2) is 36.9 Å². The molecule has 0 bridgehead atoms. The topological polar surface area (TPSA) is 94.4 Å². The number of fused-ring (bicyclic) bond motifs is 3. The molecule has 4 heterocycles. The fourth-order valence-corrected chi connectivity index (χ4v) is 5.42. The van der Waals surface area contributed by atoms with E-state index in [9.17, 15) is 9.59 Å². The Morgan fingerprint density at radius 1 is 1.18 bits per heavy atom. The molecular weight excluding hydrogens is 470 g/mol. The first-order valence-electron chi connectivity index (χ1n) is 10.9. The van der Waals surface area contributed by atoms with Crippen LogP contribution in [0.3, 0.4) is 0 Å². The van der Waals surface area contributed by atoms with Crippen molar-refractivity contribution in [3.63, 3.8) is 0 Å². The van der Waals surface area contributed by atoms with Crippen molar-refractivity contribution in [3.8, 4) is 0 Å². The van der Waals surface area contributed by atoms with Crippen molar-refractivity contribution in [1.29, 1.82) is 0 Å². The molecule has 174 valence electrons. The van der Waals surface area contributed by atoms with Crippen molar-refractivity contribution in [2.45, 2.75) is 37.5 Å². The number of rotatable bonds is 9. The van der Waals surface area contributed by atoms with Crippen molar-refractivity contribution < 1.29 is 9.21 Å². The first kappa shape index (κ1) is 22.4. The summed E-state index contributed by atoms with van der Waals surface area (Å²) in [6.07, 6.45) is 3.35. The van der Waals surface area contributed by atoms with E-state index in [1.807, 2.05) is 47.0 Å². The van der Waals surface area contributed by atoms with E-state index < -0.39 is 0 Å². The lowest BCUT2D eigenvalue weighted by Gasteiger charge is -2.13. The molecule has 1 unspecified atom stereocenters. The van der Waals surface area contributed by atoms with Crippen molar-refractivity contribution >= 4 is 45.0 Å². The highest BCUT2D eigenvalue weighted by atomic mass is 32.2. The maximum atomic E-state index is 13.1. The van der Waals surface area contributed by atoms with Gasteiger partial charge in [0.25, 0.3) is 5.56 Å². The monoisotopic (exact) mass is 493 g/mol. The van der Waals surface area contributed by atoms with E-state index in [0.717, 1.165) is 18.4 Å². The standard InChI is InChI=1S/C24H23N5O3S2/c1-16(9-10-17-6-3-2-4-7-17)25-20(30)15-34-24-27-26-23-28(14-18-8-5-12-32-18)22(31)21-19(29(23)24)11-13-33-21/h2-8,11-13,16H,9-10,14-15H2,1H3,(H,25,30). The van der Waals surface area contributed by atoms with Crippen LogP contribution in [0.2, 0.25) is 0 Å². The molecule has 0 saturated heterocycles. The first-order chi connectivity index (χ1) is 16.6. The summed E-state index contributed by atoms with van der Waals surface area (Å²) < 4.78 is 9.44. The second kappa shape index (κ2) is 9.86. The SMILES string of the molecule is CC(CCc1ccccc1)NC(=O)CSc1nnc2n(Cc3ccco3)c(=O)c3sccc3n12. The maximum absolute atomic E-state index is 13.1. The quantitative estimate of drug-likeness (QED) is 0.312. The molecule has 1 aromatic carbocycles. The molecule has 10 heteroatoms. The minimum Gasteiger partial charge on any atom is -0.467 e. The van der Waals surface area contributed by atoms with Gasteiger partial charge in [-0.3, -0.25) is 18.6 Å². The van der Waals surface area contributed by atoms with Crippen LogP contribution in [0, 0.1) is 0 Å². The van der Waals surface area contributed by atoms with Crippen LogP contribution in [0.4, 0.5) is 0 Å². The molecule has 0 aliphatic heterocycles. The zero-order valence-corrected chi connectivity index (χ0v) is 20.1. The van der Waals surface area contributed by atoms with Crippen LogP contribution in [0.25, 0.3) is 16.0 Å². The third kappa shape index (κ3) is 4.64. The highest BCUT2D eigenvalue weighted by molar-refractivity contribution is 7.99. The Hall–Kier alpha value is -3.37. The average Bonchev–Trinajstić information content (AvgIpc) is 3.60. The van der Waals surface area contributed by atoms with Crippen LogP contribution in [0.1, 0.15) is 24.7 Å². The van der Waals surface area contributed by atoms with Gasteiger partial charge in [-0.25, -0.2) is 0 Å². The second-order valence-corrected chi connectivity index (χ2v) is 9.86. The molecule has 0 radical (unpaired) electrons. The number of furan rings is 1. The van der Waals surface area contributed by atoms with Gasteiger partial charge in [0.1, 0.15) is 10.5 Å². The molecule has 0 spiro atoms. The Morgan fingerprint density at radius 3 is 2.82 bits per heavy atom.